The average molecular weight is 232 g/mol. The Labute approximate surface area is 94.1 Å². The predicted molar refractivity (Wildman–Crippen MR) is 59.5 cm³/mol. The Morgan fingerprint density at radius 1 is 1.47 bits per heavy atom. The van der Waals surface area contributed by atoms with E-state index in [4.69, 9.17) is 16.7 Å². The van der Waals surface area contributed by atoms with Crippen molar-refractivity contribution in [2.45, 2.75) is 25.9 Å². The molecule has 0 aromatic heterocycles. The van der Waals surface area contributed by atoms with E-state index in [-0.39, 0.29) is 18.7 Å². The highest BCUT2D eigenvalue weighted by Gasteiger charge is 2.15. The Balaban J connectivity index is 2.91. The normalized spacial score (nSPS) is 13.2. The second-order valence-corrected chi connectivity index (χ2v) is 4.16. The van der Waals surface area contributed by atoms with Crippen LogP contribution in [0.15, 0.2) is 18.2 Å². The highest BCUT2D eigenvalue weighted by molar-refractivity contribution is 6.30. The van der Waals surface area contributed by atoms with Crippen LogP contribution in [0.1, 0.15) is 25.5 Å². The minimum Gasteiger partial charge on any atom is -0.394 e. The van der Waals surface area contributed by atoms with Gasteiger partial charge in [-0.25, -0.2) is 4.39 Å². The van der Waals surface area contributed by atoms with E-state index in [9.17, 15) is 4.39 Å². The molecule has 1 aromatic carbocycles. The largest absolute Gasteiger partial charge is 0.394 e. The Bertz CT molecular complexity index is 330. The molecular formula is C11H15ClFNO. The van der Waals surface area contributed by atoms with Crippen molar-refractivity contribution in [1.82, 2.24) is 5.32 Å². The van der Waals surface area contributed by atoms with Crippen molar-refractivity contribution < 1.29 is 9.50 Å². The molecule has 0 aliphatic rings. The van der Waals surface area contributed by atoms with Gasteiger partial charge in [-0.2, -0.15) is 0 Å². The zero-order valence-electron chi connectivity index (χ0n) is 8.80. The van der Waals surface area contributed by atoms with E-state index in [0.717, 1.165) is 0 Å². The van der Waals surface area contributed by atoms with Crippen LogP contribution >= 0.6 is 11.6 Å². The summed E-state index contributed by atoms with van der Waals surface area (Å²) >= 11 is 5.65. The predicted octanol–water partition coefficient (Wildman–Crippen LogP) is 2.51. The molecule has 15 heavy (non-hydrogen) atoms. The number of hydrogen-bond acceptors (Lipinski definition) is 2. The molecule has 0 amide bonds. The number of nitrogens with one attached hydrogen (secondary N) is 1. The van der Waals surface area contributed by atoms with Crippen molar-refractivity contribution in [3.63, 3.8) is 0 Å². The van der Waals surface area contributed by atoms with Crippen molar-refractivity contribution in [2.75, 3.05) is 6.61 Å². The van der Waals surface area contributed by atoms with Crippen molar-refractivity contribution in [1.29, 1.82) is 0 Å². The van der Waals surface area contributed by atoms with Crippen molar-refractivity contribution in [3.05, 3.63) is 34.6 Å². The van der Waals surface area contributed by atoms with Gasteiger partial charge in [0.15, 0.2) is 0 Å². The smallest absolute Gasteiger partial charge is 0.129 e. The van der Waals surface area contributed by atoms with Gasteiger partial charge in [-0.3, -0.25) is 0 Å². The molecular weight excluding hydrogens is 217 g/mol. The van der Waals surface area contributed by atoms with E-state index in [1.807, 2.05) is 13.8 Å². The summed E-state index contributed by atoms with van der Waals surface area (Å²) < 4.78 is 13.5. The fraction of sp³-hybridized carbons (Fsp3) is 0.455. The molecule has 0 radical (unpaired) electrons. The van der Waals surface area contributed by atoms with Gasteiger partial charge in [-0.15, -0.1) is 0 Å². The van der Waals surface area contributed by atoms with Gasteiger partial charge < -0.3 is 10.4 Å². The van der Waals surface area contributed by atoms with Gasteiger partial charge in [-0.05, 0) is 12.1 Å². The molecule has 1 aromatic rings. The summed E-state index contributed by atoms with van der Waals surface area (Å²) in [5.74, 6) is -0.394. The van der Waals surface area contributed by atoms with E-state index >= 15 is 0 Å². The molecule has 0 saturated carbocycles. The van der Waals surface area contributed by atoms with E-state index in [0.29, 0.717) is 10.6 Å². The molecule has 0 spiro atoms. The maximum Gasteiger partial charge on any atom is 0.129 e. The Hall–Kier alpha value is -0.640. The van der Waals surface area contributed by atoms with E-state index in [1.165, 1.54) is 6.07 Å². The summed E-state index contributed by atoms with van der Waals surface area (Å²) in [5, 5.41) is 12.6. The average Bonchev–Trinajstić information content (AvgIpc) is 2.14. The van der Waals surface area contributed by atoms with Crippen molar-refractivity contribution in [3.8, 4) is 0 Å². The lowest BCUT2D eigenvalue weighted by molar-refractivity contribution is 0.234. The highest BCUT2D eigenvalue weighted by atomic mass is 35.5. The summed E-state index contributed by atoms with van der Waals surface area (Å²) in [4.78, 5) is 0. The second kappa shape index (κ2) is 5.45. The third-order valence-electron chi connectivity index (χ3n) is 2.06. The molecule has 2 nitrogen and oxygen atoms in total. The van der Waals surface area contributed by atoms with Crippen LogP contribution in [0.25, 0.3) is 0 Å². The van der Waals surface area contributed by atoms with Gasteiger partial charge in [0.05, 0.1) is 12.6 Å². The van der Waals surface area contributed by atoms with Gasteiger partial charge in [0.1, 0.15) is 5.82 Å². The molecule has 0 bridgehead atoms. The van der Waals surface area contributed by atoms with Crippen molar-refractivity contribution in [2.24, 2.45) is 0 Å². The topological polar surface area (TPSA) is 32.3 Å². The van der Waals surface area contributed by atoms with Crippen LogP contribution in [0.5, 0.6) is 0 Å². The number of hydrogen-bond donors (Lipinski definition) is 2. The van der Waals surface area contributed by atoms with Crippen molar-refractivity contribution >= 4 is 11.6 Å². The lowest BCUT2D eigenvalue weighted by atomic mass is 10.1. The SMILES string of the molecule is CC(C)NC(CO)c1ccc(Cl)cc1F. The highest BCUT2D eigenvalue weighted by Crippen LogP contribution is 2.20. The van der Waals surface area contributed by atoms with Crippen LogP contribution in [0.3, 0.4) is 0 Å². The fourth-order valence-electron chi connectivity index (χ4n) is 1.43. The molecule has 0 heterocycles. The second-order valence-electron chi connectivity index (χ2n) is 3.72. The third kappa shape index (κ3) is 3.45. The number of rotatable bonds is 4. The maximum absolute atomic E-state index is 13.5. The van der Waals surface area contributed by atoms with Gasteiger partial charge in [-0.1, -0.05) is 31.5 Å². The zero-order chi connectivity index (χ0) is 11.4. The van der Waals surface area contributed by atoms with Crippen LogP contribution in [0.2, 0.25) is 5.02 Å². The first-order valence-corrected chi connectivity index (χ1v) is 5.24. The van der Waals surface area contributed by atoms with Crippen LogP contribution in [-0.4, -0.2) is 17.8 Å². The standard InChI is InChI=1S/C11H15ClFNO/c1-7(2)14-11(6-15)9-4-3-8(12)5-10(9)13/h3-5,7,11,14-15H,6H2,1-2H3. The van der Waals surface area contributed by atoms with Crippen LogP contribution in [0.4, 0.5) is 4.39 Å². The first kappa shape index (κ1) is 12.4. The lowest BCUT2D eigenvalue weighted by Crippen LogP contribution is -2.31. The Morgan fingerprint density at radius 2 is 2.13 bits per heavy atom. The molecule has 84 valence electrons. The molecule has 0 aliphatic carbocycles. The minimum absolute atomic E-state index is 0.142. The van der Waals surface area contributed by atoms with Gasteiger partial charge >= 0.3 is 0 Å². The van der Waals surface area contributed by atoms with Gasteiger partial charge in [0.25, 0.3) is 0 Å². The molecule has 1 rings (SSSR count). The quantitative estimate of drug-likeness (QED) is 0.835. The molecule has 0 fully saturated rings. The molecule has 1 unspecified atom stereocenters. The number of aliphatic hydroxyl groups excluding tert-OH is 1. The third-order valence-corrected chi connectivity index (χ3v) is 2.29. The summed E-state index contributed by atoms with van der Waals surface area (Å²) in [7, 11) is 0. The summed E-state index contributed by atoms with van der Waals surface area (Å²) in [6.45, 7) is 3.74. The molecule has 0 aliphatic heterocycles. The van der Waals surface area contributed by atoms with E-state index < -0.39 is 5.82 Å². The monoisotopic (exact) mass is 231 g/mol. The van der Waals surface area contributed by atoms with Gasteiger partial charge in [0, 0.05) is 16.6 Å². The summed E-state index contributed by atoms with van der Waals surface area (Å²) in [5.41, 5.74) is 0.440. The van der Waals surface area contributed by atoms with Crippen LogP contribution in [-0.2, 0) is 0 Å². The number of benzene rings is 1. The molecule has 4 heteroatoms. The summed E-state index contributed by atoms with van der Waals surface area (Å²) in [6.07, 6.45) is 0. The lowest BCUT2D eigenvalue weighted by Gasteiger charge is -2.20. The molecule has 1 atom stereocenters. The first-order chi connectivity index (χ1) is 7.04. The minimum atomic E-state index is -0.394. The number of halogens is 2. The first-order valence-electron chi connectivity index (χ1n) is 4.86. The molecule has 2 N–H and O–H groups in total. The van der Waals surface area contributed by atoms with Crippen LogP contribution in [0, 0.1) is 5.82 Å². The maximum atomic E-state index is 13.5. The van der Waals surface area contributed by atoms with Gasteiger partial charge in [0.2, 0.25) is 0 Å². The zero-order valence-corrected chi connectivity index (χ0v) is 9.55. The molecule has 0 saturated heterocycles. The van der Waals surface area contributed by atoms with Crippen LogP contribution < -0.4 is 5.32 Å². The van der Waals surface area contributed by atoms with E-state index in [2.05, 4.69) is 5.32 Å². The fourth-order valence-corrected chi connectivity index (χ4v) is 1.59. The summed E-state index contributed by atoms with van der Waals surface area (Å²) in [6, 6.07) is 4.25. The Kier molecular flexibility index (Phi) is 4.51. The number of aliphatic hydroxyl groups is 1. The Morgan fingerprint density at radius 3 is 2.60 bits per heavy atom. The van der Waals surface area contributed by atoms with E-state index in [1.54, 1.807) is 12.1 Å².